The predicted molar refractivity (Wildman–Crippen MR) is 68.5 cm³/mol. The van der Waals surface area contributed by atoms with Crippen molar-refractivity contribution in [3.05, 3.63) is 52.2 Å². The van der Waals surface area contributed by atoms with Crippen LogP contribution in [0.3, 0.4) is 0 Å². The van der Waals surface area contributed by atoms with Crippen LogP contribution in [0.2, 0.25) is 0 Å². The molecule has 1 aromatic heterocycles. The molecule has 1 N–H and O–H groups in total. The Morgan fingerprint density at radius 1 is 1.35 bits per heavy atom. The molecule has 0 spiro atoms. The molecule has 1 unspecified atom stereocenters. The van der Waals surface area contributed by atoms with Gasteiger partial charge in [0.2, 0.25) is 0 Å². The smallest absolute Gasteiger partial charge is 0.123 e. The predicted octanol–water partition coefficient (Wildman–Crippen LogP) is 3.00. The zero-order valence-corrected chi connectivity index (χ0v) is 10.5. The van der Waals surface area contributed by atoms with E-state index in [0.29, 0.717) is 6.04 Å². The lowest BCUT2D eigenvalue weighted by Crippen LogP contribution is -2.27. The molecule has 0 aliphatic heterocycles. The number of nitrogens with one attached hydrogen (secondary N) is 1. The quantitative estimate of drug-likeness (QED) is 0.882. The molecule has 4 heteroatoms. The normalized spacial score (nSPS) is 12.6. The second-order valence-corrected chi connectivity index (χ2v) is 5.02. The highest BCUT2D eigenvalue weighted by molar-refractivity contribution is 7.09. The molecule has 2 rings (SSSR count). The molecule has 0 fully saturated rings. The van der Waals surface area contributed by atoms with Gasteiger partial charge in [-0.3, -0.25) is 0 Å². The van der Waals surface area contributed by atoms with Gasteiger partial charge in [0.1, 0.15) is 10.8 Å². The van der Waals surface area contributed by atoms with Crippen molar-refractivity contribution in [1.82, 2.24) is 10.3 Å². The fraction of sp³-hybridized carbons (Fsp3) is 0.308. The molecular weight excluding hydrogens is 235 g/mol. The van der Waals surface area contributed by atoms with Crippen molar-refractivity contribution in [3.8, 4) is 0 Å². The minimum Gasteiger partial charge on any atom is -0.308 e. The van der Waals surface area contributed by atoms with Gasteiger partial charge in [0.25, 0.3) is 0 Å². The highest BCUT2D eigenvalue weighted by Gasteiger charge is 2.04. The van der Waals surface area contributed by atoms with Crippen molar-refractivity contribution >= 4 is 11.3 Å². The number of hydrogen-bond donors (Lipinski definition) is 1. The first-order chi connectivity index (χ1) is 8.24. The topological polar surface area (TPSA) is 24.9 Å². The first kappa shape index (κ1) is 12.2. The van der Waals surface area contributed by atoms with Crippen LogP contribution in [0, 0.1) is 5.82 Å². The van der Waals surface area contributed by atoms with Crippen molar-refractivity contribution < 1.29 is 4.39 Å². The number of benzene rings is 1. The Bertz CT molecular complexity index is 439. The average molecular weight is 250 g/mol. The third kappa shape index (κ3) is 3.91. The van der Waals surface area contributed by atoms with Gasteiger partial charge in [-0.15, -0.1) is 11.3 Å². The molecular formula is C13H15FN2S. The Labute approximate surface area is 105 Å². The molecule has 0 bridgehead atoms. The highest BCUT2D eigenvalue weighted by Crippen LogP contribution is 2.07. The average Bonchev–Trinajstić information content (AvgIpc) is 2.83. The SMILES string of the molecule is CC(Cc1ccc(F)cc1)NCc1nccs1. The first-order valence-electron chi connectivity index (χ1n) is 5.60. The monoisotopic (exact) mass is 250 g/mol. The second kappa shape index (κ2) is 5.89. The lowest BCUT2D eigenvalue weighted by molar-refractivity contribution is 0.543. The summed E-state index contributed by atoms with van der Waals surface area (Å²) in [6, 6.07) is 7.02. The van der Waals surface area contributed by atoms with Gasteiger partial charge in [0.15, 0.2) is 0 Å². The summed E-state index contributed by atoms with van der Waals surface area (Å²) >= 11 is 1.65. The molecule has 1 atom stereocenters. The summed E-state index contributed by atoms with van der Waals surface area (Å²) in [6.45, 7) is 2.91. The van der Waals surface area contributed by atoms with Crippen LogP contribution in [0.5, 0.6) is 0 Å². The molecule has 17 heavy (non-hydrogen) atoms. The molecule has 90 valence electrons. The Kier molecular flexibility index (Phi) is 4.23. The number of halogens is 1. The standard InChI is InChI=1S/C13H15FN2S/c1-10(16-9-13-15-6-7-17-13)8-11-2-4-12(14)5-3-11/h2-7,10,16H,8-9H2,1H3. The van der Waals surface area contributed by atoms with Gasteiger partial charge in [-0.2, -0.15) is 0 Å². The van der Waals surface area contributed by atoms with E-state index in [2.05, 4.69) is 17.2 Å². The maximum Gasteiger partial charge on any atom is 0.123 e. The Balaban J connectivity index is 1.80. The van der Waals surface area contributed by atoms with Gasteiger partial charge >= 0.3 is 0 Å². The van der Waals surface area contributed by atoms with E-state index in [0.717, 1.165) is 23.5 Å². The van der Waals surface area contributed by atoms with E-state index < -0.39 is 0 Å². The lowest BCUT2D eigenvalue weighted by atomic mass is 10.1. The fourth-order valence-corrected chi connectivity index (χ4v) is 2.22. The van der Waals surface area contributed by atoms with E-state index in [4.69, 9.17) is 0 Å². The van der Waals surface area contributed by atoms with E-state index in [9.17, 15) is 4.39 Å². The number of thiazole rings is 1. The van der Waals surface area contributed by atoms with Crippen molar-refractivity contribution in [3.63, 3.8) is 0 Å². The van der Waals surface area contributed by atoms with Gasteiger partial charge < -0.3 is 5.32 Å². The van der Waals surface area contributed by atoms with E-state index in [-0.39, 0.29) is 5.82 Å². The van der Waals surface area contributed by atoms with E-state index in [1.54, 1.807) is 11.3 Å². The highest BCUT2D eigenvalue weighted by atomic mass is 32.1. The summed E-state index contributed by atoms with van der Waals surface area (Å²) in [6.07, 6.45) is 2.71. The van der Waals surface area contributed by atoms with Crippen LogP contribution in [0.4, 0.5) is 4.39 Å². The third-order valence-corrected chi connectivity index (χ3v) is 3.32. The van der Waals surface area contributed by atoms with Crippen molar-refractivity contribution in [2.75, 3.05) is 0 Å². The molecule has 2 aromatic rings. The molecule has 0 amide bonds. The van der Waals surface area contributed by atoms with E-state index >= 15 is 0 Å². The number of hydrogen-bond acceptors (Lipinski definition) is 3. The number of nitrogens with zero attached hydrogens (tertiary/aromatic N) is 1. The molecule has 0 aliphatic carbocycles. The summed E-state index contributed by atoms with van der Waals surface area (Å²) in [5, 5.41) is 6.47. The van der Waals surface area contributed by atoms with E-state index in [1.807, 2.05) is 23.7 Å². The fourth-order valence-electron chi connectivity index (χ4n) is 1.65. The summed E-state index contributed by atoms with van der Waals surface area (Å²) in [7, 11) is 0. The maximum atomic E-state index is 12.7. The van der Waals surface area contributed by atoms with Crippen LogP contribution in [-0.2, 0) is 13.0 Å². The largest absolute Gasteiger partial charge is 0.308 e. The molecule has 0 saturated carbocycles. The Hall–Kier alpha value is -1.26. The molecule has 0 saturated heterocycles. The molecule has 1 aromatic carbocycles. The van der Waals surface area contributed by atoms with Crippen molar-refractivity contribution in [2.24, 2.45) is 0 Å². The molecule has 2 nitrogen and oxygen atoms in total. The summed E-state index contributed by atoms with van der Waals surface area (Å²) in [4.78, 5) is 4.21. The van der Waals surface area contributed by atoms with Gasteiger partial charge in [0, 0.05) is 24.2 Å². The zero-order chi connectivity index (χ0) is 12.1. The van der Waals surface area contributed by atoms with Crippen LogP contribution >= 0.6 is 11.3 Å². The zero-order valence-electron chi connectivity index (χ0n) is 9.69. The van der Waals surface area contributed by atoms with Crippen molar-refractivity contribution in [1.29, 1.82) is 0 Å². The Morgan fingerprint density at radius 3 is 2.76 bits per heavy atom. The van der Waals surface area contributed by atoms with Crippen LogP contribution in [0.1, 0.15) is 17.5 Å². The van der Waals surface area contributed by atoms with Crippen LogP contribution in [-0.4, -0.2) is 11.0 Å². The molecule has 0 radical (unpaired) electrons. The number of rotatable bonds is 5. The summed E-state index contributed by atoms with van der Waals surface area (Å²) < 4.78 is 12.7. The third-order valence-electron chi connectivity index (χ3n) is 2.54. The van der Waals surface area contributed by atoms with Gasteiger partial charge in [-0.1, -0.05) is 12.1 Å². The number of aromatic nitrogens is 1. The second-order valence-electron chi connectivity index (χ2n) is 4.04. The minimum atomic E-state index is -0.183. The van der Waals surface area contributed by atoms with Crippen LogP contribution in [0.25, 0.3) is 0 Å². The van der Waals surface area contributed by atoms with Gasteiger partial charge in [0.05, 0.1) is 0 Å². The van der Waals surface area contributed by atoms with E-state index in [1.165, 1.54) is 12.1 Å². The molecule has 1 heterocycles. The first-order valence-corrected chi connectivity index (χ1v) is 6.48. The van der Waals surface area contributed by atoms with Crippen LogP contribution < -0.4 is 5.32 Å². The molecule has 0 aliphatic rings. The minimum absolute atomic E-state index is 0.183. The summed E-state index contributed by atoms with van der Waals surface area (Å²) in [5.41, 5.74) is 1.14. The Morgan fingerprint density at radius 2 is 2.12 bits per heavy atom. The van der Waals surface area contributed by atoms with Crippen molar-refractivity contribution in [2.45, 2.75) is 25.9 Å². The maximum absolute atomic E-state index is 12.7. The lowest BCUT2D eigenvalue weighted by Gasteiger charge is -2.12. The van der Waals surface area contributed by atoms with Crippen LogP contribution in [0.15, 0.2) is 35.8 Å². The van der Waals surface area contributed by atoms with Gasteiger partial charge in [-0.05, 0) is 31.0 Å². The summed E-state index contributed by atoms with van der Waals surface area (Å²) in [5.74, 6) is -0.183. The van der Waals surface area contributed by atoms with Gasteiger partial charge in [-0.25, -0.2) is 9.37 Å².